The van der Waals surface area contributed by atoms with E-state index in [4.69, 9.17) is 0 Å². The van der Waals surface area contributed by atoms with Crippen LogP contribution in [0, 0.1) is 0 Å². The number of hydrogen-bond donors (Lipinski definition) is 0. The summed E-state index contributed by atoms with van der Waals surface area (Å²) in [7, 11) is 0. The molecule has 0 fully saturated rings. The predicted octanol–water partition coefficient (Wildman–Crippen LogP) is -55.1. The third-order valence-corrected chi connectivity index (χ3v) is 0. The average Bonchev–Trinajstić information content (AvgIpc) is 0. The van der Waals surface area contributed by atoms with Crippen molar-refractivity contribution in [2.75, 3.05) is 0 Å². The molecule has 0 nitrogen and oxygen atoms in total. The van der Waals surface area contributed by atoms with Crippen LogP contribution in [0.2, 0.25) is 0 Å². The monoisotopic (exact) mass is 530 g/mol. The first-order valence-electron chi connectivity index (χ1n) is 0. The molecule has 0 aromatic rings. The minimum absolute atomic E-state index is 0. The maximum absolute atomic E-state index is 0. The van der Waals surface area contributed by atoms with Gasteiger partial charge in [0.2, 0.25) is 0 Å². The Hall–Kier alpha value is 0.456. The zero-order valence-electron chi connectivity index (χ0n) is 9.12. The van der Waals surface area contributed by atoms with Crippen LogP contribution in [0.4, 0.5) is 0 Å². The van der Waals surface area contributed by atoms with Crippen LogP contribution >= 0.6 is 0 Å². The minimum Gasteiger partial charge on any atom is -1.00 e. The topological polar surface area (TPSA) is 0 Å². The first-order valence-corrected chi connectivity index (χ1v) is 0. The largest absolute Gasteiger partial charge is 4.00 e. The van der Waals surface area contributed by atoms with Crippen molar-refractivity contribution in [3.8, 4) is 0 Å². The number of rotatable bonds is 0. The third-order valence-electron chi connectivity index (χ3n) is 0. The molecule has 0 amide bonds. The molecule has 0 saturated carbocycles. The summed E-state index contributed by atoms with van der Waals surface area (Å²) in [5.74, 6) is 0. The molecule has 0 atom stereocenters. The summed E-state index contributed by atoms with van der Waals surface area (Å²) in [6.45, 7) is 0. The van der Waals surface area contributed by atoms with Crippen molar-refractivity contribution in [3.63, 3.8) is 0 Å². The van der Waals surface area contributed by atoms with Crippen LogP contribution in [0.25, 0.3) is 0 Å². The summed E-state index contributed by atoms with van der Waals surface area (Å²) in [4.78, 5) is 0. The van der Waals surface area contributed by atoms with Crippen molar-refractivity contribution in [1.29, 1.82) is 0 Å². The fourth-order valence-electron chi connectivity index (χ4n) is 0. The summed E-state index contributed by atoms with van der Waals surface area (Å²) in [6.07, 6.45) is 0. The summed E-state index contributed by atoms with van der Waals surface area (Å²) >= 11 is 0. The van der Waals surface area contributed by atoms with Crippen molar-refractivity contribution in [1.82, 2.24) is 0 Å². The standard InChI is InChI=1S/2Cr.18FH.3Si/h;;18*1H;;;/q2*+3;;;;;;;;;;;;;;;;;;;3*+4/p-18. The first-order chi connectivity index (χ1) is 0. The fraction of sp³-hybridized carbons (Fsp3) is 0. The van der Waals surface area contributed by atoms with E-state index in [9.17, 15) is 0 Å². The SMILES string of the molecule is [Cr+3].[Cr+3].[F-].[F-].[F-].[F-].[F-].[F-].[F-].[F-].[F-].[F-].[F-].[F-].[F-].[F-].[F-].[F-].[F-].[F-].[Si+4].[Si+4].[Si+4]. The van der Waals surface area contributed by atoms with Crippen LogP contribution in [0.3, 0.4) is 0 Å². The Kier molecular flexibility index (Phi) is 123000000. The van der Waals surface area contributed by atoms with Crippen LogP contribution in [-0.2, 0) is 34.7 Å². The summed E-state index contributed by atoms with van der Waals surface area (Å²) < 4.78 is 0. The molecule has 2 radical (unpaired) electrons. The van der Waals surface area contributed by atoms with Crippen molar-refractivity contribution < 1.29 is 119 Å². The quantitative estimate of drug-likeness (QED) is 0.216. The van der Waals surface area contributed by atoms with E-state index in [0.717, 1.165) is 0 Å². The molecule has 0 unspecified atom stereocenters. The Morgan fingerprint density at radius 3 is 0.130 bits per heavy atom. The molecule has 0 aromatic carbocycles. The van der Waals surface area contributed by atoms with E-state index in [0.29, 0.717) is 0 Å². The van der Waals surface area contributed by atoms with E-state index in [1.807, 2.05) is 0 Å². The van der Waals surface area contributed by atoms with Gasteiger partial charge in [-0.15, -0.1) is 0 Å². The van der Waals surface area contributed by atoms with Gasteiger partial charge in [0, 0.05) is 0 Å². The van der Waals surface area contributed by atoms with Gasteiger partial charge in [0.05, 0.1) is 0 Å². The van der Waals surface area contributed by atoms with Gasteiger partial charge in [-0.25, -0.2) is 0 Å². The molecule has 23 heavy (non-hydrogen) atoms. The fourth-order valence-corrected chi connectivity index (χ4v) is 0. The molecule has 0 saturated heterocycles. The Morgan fingerprint density at radius 2 is 0.130 bits per heavy atom. The Bertz CT molecular complexity index is 22.2. The molecule has 0 rings (SSSR count). The van der Waals surface area contributed by atoms with Crippen molar-refractivity contribution in [2.24, 2.45) is 0 Å². The maximum atomic E-state index is 0. The molecule has 0 aliphatic heterocycles. The van der Waals surface area contributed by atoms with E-state index in [2.05, 4.69) is 0 Å². The van der Waals surface area contributed by atoms with E-state index < -0.39 is 0 Å². The molecule has 23 heteroatoms. The molecule has 0 aromatic heterocycles. The molecule has 0 heterocycles. The van der Waals surface area contributed by atoms with Gasteiger partial charge in [0.15, 0.2) is 0 Å². The van der Waals surface area contributed by atoms with Gasteiger partial charge in [0.1, 0.15) is 0 Å². The molecular weight excluding hydrogens is 530 g/mol. The zero-order chi connectivity index (χ0) is 0. The number of halogens is 18. The zero-order valence-corrected chi connectivity index (χ0v) is 14.7. The van der Waals surface area contributed by atoms with Crippen molar-refractivity contribution in [2.45, 2.75) is 0 Å². The normalized spacial score (nSPS) is 0. The van der Waals surface area contributed by atoms with Crippen LogP contribution < -0.4 is 84.7 Å². The van der Waals surface area contributed by atoms with Crippen LogP contribution in [0.5, 0.6) is 0 Å². The summed E-state index contributed by atoms with van der Waals surface area (Å²) in [5.41, 5.74) is 0. The Labute approximate surface area is 153 Å². The van der Waals surface area contributed by atoms with E-state index in [1.54, 1.807) is 0 Å². The second-order valence-electron chi connectivity index (χ2n) is 0. The van der Waals surface area contributed by atoms with Gasteiger partial charge in [-0.1, -0.05) is 0 Å². The van der Waals surface area contributed by atoms with Gasteiger partial charge in [-0.2, -0.15) is 0 Å². The van der Waals surface area contributed by atoms with Crippen LogP contribution in [0.1, 0.15) is 0 Å². The second kappa shape index (κ2) is 49800. The molecule has 0 aliphatic rings. The number of hydrogen-bond acceptors (Lipinski definition) is 0. The summed E-state index contributed by atoms with van der Waals surface area (Å²) in [5, 5.41) is 0. The summed E-state index contributed by atoms with van der Waals surface area (Å²) in [6, 6.07) is 0. The van der Waals surface area contributed by atoms with Crippen molar-refractivity contribution in [3.05, 3.63) is 0 Å². The van der Waals surface area contributed by atoms with E-state index in [-0.39, 0.29) is 152 Å². The molecule has 0 aliphatic carbocycles. The molecule has 150 valence electrons. The third kappa shape index (κ3) is 45300. The molecular formula is Cr2F18Si3. The van der Waals surface area contributed by atoms with Crippen LogP contribution in [-0.4, -0.2) is 32.9 Å². The Morgan fingerprint density at radius 1 is 0.130 bits per heavy atom. The van der Waals surface area contributed by atoms with Gasteiger partial charge >= 0.3 is 67.6 Å². The van der Waals surface area contributed by atoms with Crippen LogP contribution in [0.15, 0.2) is 0 Å². The van der Waals surface area contributed by atoms with Crippen molar-refractivity contribution >= 4 is 32.9 Å². The maximum Gasteiger partial charge on any atom is 4.00 e. The predicted molar refractivity (Wildman–Crippen MR) is 17.3 cm³/mol. The van der Waals surface area contributed by atoms with E-state index >= 15 is 0 Å². The van der Waals surface area contributed by atoms with Gasteiger partial charge < -0.3 is 84.7 Å². The first kappa shape index (κ1) is 57000. The van der Waals surface area contributed by atoms with Gasteiger partial charge in [-0.3, -0.25) is 0 Å². The molecule has 0 N–H and O–H groups in total. The molecule has 0 spiro atoms. The average molecular weight is 530 g/mol. The molecule has 0 bridgehead atoms. The van der Waals surface area contributed by atoms with E-state index in [1.165, 1.54) is 0 Å². The smallest absolute Gasteiger partial charge is 1.00 e. The Balaban J connectivity index is 0. The van der Waals surface area contributed by atoms with Gasteiger partial charge in [0.25, 0.3) is 0 Å². The minimum atomic E-state index is 0. The van der Waals surface area contributed by atoms with Gasteiger partial charge in [-0.05, 0) is 0 Å². The second-order valence-corrected chi connectivity index (χ2v) is 0.